The smallest absolute Gasteiger partial charge is 0.154 e. The lowest BCUT2D eigenvalue weighted by Gasteiger charge is -2.61. The van der Waals surface area contributed by atoms with E-state index < -0.39 is 0 Å². The van der Waals surface area contributed by atoms with E-state index >= 15 is 0 Å². The molecule has 2 N–H and O–H groups in total. The van der Waals surface area contributed by atoms with Gasteiger partial charge in [-0.05, 0) is 13.5 Å². The first-order valence-corrected chi connectivity index (χ1v) is 5.36. The van der Waals surface area contributed by atoms with Crippen molar-refractivity contribution in [1.29, 1.82) is 0 Å². The van der Waals surface area contributed by atoms with E-state index in [4.69, 9.17) is 13.6 Å². The summed E-state index contributed by atoms with van der Waals surface area (Å²) in [5, 5.41) is 0. The molecule has 0 aromatic rings. The molecule has 0 aromatic heterocycles. The maximum Gasteiger partial charge on any atom is 0.154 e. The molecule has 2 heterocycles. The predicted molar refractivity (Wildman–Crippen MR) is 55.4 cm³/mol. The minimum atomic E-state index is 0.260. The number of nitrogens with zero attached hydrogens (tertiary/aromatic N) is 1. The third-order valence-electron chi connectivity index (χ3n) is 4.76. The molecule has 2 saturated heterocycles. The third kappa shape index (κ3) is 0.976. The van der Waals surface area contributed by atoms with Gasteiger partial charge in [-0.2, -0.15) is 0 Å². The standard InChI is InChI=1S/C10H20BN2/c1-10-5-3-8(7-10)13(10,2)9(11)4-6-12/h8-9H,3-7,12H2,1-2H3/q+1. The summed E-state index contributed by atoms with van der Waals surface area (Å²) in [6, 6.07) is 0.826. The van der Waals surface area contributed by atoms with Crippen LogP contribution in [0.15, 0.2) is 0 Å². The van der Waals surface area contributed by atoms with E-state index in [1.54, 1.807) is 0 Å². The highest BCUT2D eigenvalue weighted by atomic mass is 15.5. The van der Waals surface area contributed by atoms with E-state index in [0.29, 0.717) is 5.54 Å². The second kappa shape index (κ2) is 2.74. The largest absolute Gasteiger partial charge is 0.330 e. The Morgan fingerprint density at radius 3 is 2.77 bits per heavy atom. The first-order valence-electron chi connectivity index (χ1n) is 5.36. The van der Waals surface area contributed by atoms with Crippen molar-refractivity contribution in [2.24, 2.45) is 5.73 Å². The van der Waals surface area contributed by atoms with Gasteiger partial charge >= 0.3 is 0 Å². The van der Waals surface area contributed by atoms with Gasteiger partial charge in [0.2, 0.25) is 0 Å². The third-order valence-corrected chi connectivity index (χ3v) is 4.76. The number of rotatable bonds is 3. The molecular formula is C10H20BN2+. The molecule has 72 valence electrons. The summed E-state index contributed by atoms with van der Waals surface area (Å²) in [6.45, 7) is 3.10. The lowest BCUT2D eigenvalue weighted by Crippen LogP contribution is -2.75. The van der Waals surface area contributed by atoms with Crippen LogP contribution in [0.4, 0.5) is 0 Å². The number of fused-ring (bicyclic) bond motifs is 1. The minimum Gasteiger partial charge on any atom is -0.330 e. The van der Waals surface area contributed by atoms with Gasteiger partial charge in [-0.25, -0.2) is 0 Å². The SMILES string of the molecule is [B]C(CCN)[N+]1(C)C2CCC1(C)C2. The number of hydrogen-bond donors (Lipinski definition) is 1. The maximum absolute atomic E-state index is 6.22. The molecule has 0 amide bonds. The molecule has 4 unspecified atom stereocenters. The molecule has 0 spiro atoms. The van der Waals surface area contributed by atoms with Crippen LogP contribution in [0.1, 0.15) is 32.6 Å². The van der Waals surface area contributed by atoms with E-state index in [9.17, 15) is 0 Å². The Labute approximate surface area is 82.5 Å². The zero-order valence-corrected chi connectivity index (χ0v) is 8.79. The van der Waals surface area contributed by atoms with Crippen LogP contribution >= 0.6 is 0 Å². The normalized spacial score (nSPS) is 50.2. The quantitative estimate of drug-likeness (QED) is 0.498. The van der Waals surface area contributed by atoms with Crippen molar-refractivity contribution in [2.75, 3.05) is 13.6 Å². The number of hydrogen-bond acceptors (Lipinski definition) is 1. The summed E-state index contributed by atoms with van der Waals surface area (Å²) in [4.78, 5) is 0. The van der Waals surface area contributed by atoms with Crippen molar-refractivity contribution in [3.8, 4) is 0 Å². The van der Waals surface area contributed by atoms with Gasteiger partial charge in [-0.3, -0.25) is 0 Å². The van der Waals surface area contributed by atoms with E-state index in [0.717, 1.165) is 23.5 Å². The summed E-state index contributed by atoms with van der Waals surface area (Å²) in [7, 11) is 8.54. The van der Waals surface area contributed by atoms with Gasteiger partial charge in [0.05, 0.1) is 19.5 Å². The van der Waals surface area contributed by atoms with E-state index in [1.807, 2.05) is 0 Å². The molecule has 2 radical (unpaired) electrons. The molecule has 2 nitrogen and oxygen atoms in total. The monoisotopic (exact) mass is 179 g/mol. The minimum absolute atomic E-state index is 0.260. The molecule has 4 atom stereocenters. The van der Waals surface area contributed by atoms with Crippen molar-refractivity contribution in [3.63, 3.8) is 0 Å². The number of nitrogens with two attached hydrogens (primary N) is 1. The van der Waals surface area contributed by atoms with E-state index in [-0.39, 0.29) is 5.94 Å². The van der Waals surface area contributed by atoms with Gasteiger partial charge in [-0.15, -0.1) is 0 Å². The van der Waals surface area contributed by atoms with E-state index in [1.165, 1.54) is 19.3 Å². The lowest BCUT2D eigenvalue weighted by molar-refractivity contribution is -1.02. The average Bonchev–Trinajstić information content (AvgIpc) is 2.59. The molecular weight excluding hydrogens is 159 g/mol. The van der Waals surface area contributed by atoms with Gasteiger partial charge in [0, 0.05) is 25.2 Å². The van der Waals surface area contributed by atoms with Crippen LogP contribution in [0.2, 0.25) is 0 Å². The highest BCUT2D eigenvalue weighted by Gasteiger charge is 2.67. The van der Waals surface area contributed by atoms with Crippen LogP contribution in [0, 0.1) is 0 Å². The maximum atomic E-state index is 6.22. The van der Waals surface area contributed by atoms with Crippen molar-refractivity contribution in [1.82, 2.24) is 0 Å². The Morgan fingerprint density at radius 2 is 2.38 bits per heavy atom. The zero-order chi connectivity index (χ0) is 9.69. The van der Waals surface area contributed by atoms with Crippen LogP contribution in [-0.2, 0) is 0 Å². The predicted octanol–water partition coefficient (Wildman–Crippen LogP) is 0.601. The first-order chi connectivity index (χ1) is 6.04. The summed E-state index contributed by atoms with van der Waals surface area (Å²) in [6.07, 6.45) is 5.06. The highest BCUT2D eigenvalue weighted by molar-refractivity contribution is 6.11. The highest BCUT2D eigenvalue weighted by Crippen LogP contribution is 2.56. The fourth-order valence-electron chi connectivity index (χ4n) is 3.52. The van der Waals surface area contributed by atoms with Crippen LogP contribution in [-0.4, -0.2) is 43.4 Å². The fourth-order valence-corrected chi connectivity index (χ4v) is 3.52. The molecule has 3 heteroatoms. The Hall–Kier alpha value is -0.0151. The molecule has 2 aliphatic heterocycles. The van der Waals surface area contributed by atoms with Crippen molar-refractivity contribution >= 4 is 7.85 Å². The Bertz CT molecular complexity index is 217. The van der Waals surface area contributed by atoms with E-state index in [2.05, 4.69) is 14.0 Å². The summed E-state index contributed by atoms with van der Waals surface area (Å²) >= 11 is 0. The summed E-state index contributed by atoms with van der Waals surface area (Å²) in [5.41, 5.74) is 6.04. The van der Waals surface area contributed by atoms with Gasteiger partial charge < -0.3 is 10.2 Å². The zero-order valence-electron chi connectivity index (χ0n) is 8.79. The van der Waals surface area contributed by atoms with Crippen LogP contribution in [0.3, 0.4) is 0 Å². The van der Waals surface area contributed by atoms with Crippen molar-refractivity contribution in [3.05, 3.63) is 0 Å². The Balaban J connectivity index is 2.13. The van der Waals surface area contributed by atoms with Gasteiger partial charge in [0.15, 0.2) is 7.85 Å². The fraction of sp³-hybridized carbons (Fsp3) is 1.00. The van der Waals surface area contributed by atoms with Crippen molar-refractivity contribution in [2.45, 2.75) is 50.1 Å². The molecule has 13 heavy (non-hydrogen) atoms. The molecule has 3 fully saturated rings. The Kier molecular flexibility index (Phi) is 2.01. The molecule has 0 aromatic carbocycles. The van der Waals surface area contributed by atoms with Crippen LogP contribution in [0.25, 0.3) is 0 Å². The average molecular weight is 179 g/mol. The van der Waals surface area contributed by atoms with Crippen molar-refractivity contribution < 1.29 is 4.48 Å². The number of quaternary nitrogens is 1. The summed E-state index contributed by atoms with van der Waals surface area (Å²) < 4.78 is 1.09. The summed E-state index contributed by atoms with van der Waals surface area (Å²) in [5.74, 6) is 0.260. The first kappa shape index (κ1) is 9.54. The van der Waals surface area contributed by atoms with Gasteiger partial charge in [-0.1, -0.05) is 0 Å². The van der Waals surface area contributed by atoms with Crippen LogP contribution in [0.5, 0.6) is 0 Å². The molecule has 1 aliphatic carbocycles. The Morgan fingerprint density at radius 1 is 1.69 bits per heavy atom. The molecule has 2 bridgehead atoms. The van der Waals surface area contributed by atoms with Gasteiger partial charge in [0.25, 0.3) is 0 Å². The molecule has 3 aliphatic rings. The second-order valence-corrected chi connectivity index (χ2v) is 5.19. The molecule has 3 rings (SSSR count). The van der Waals surface area contributed by atoms with Gasteiger partial charge in [0.1, 0.15) is 5.54 Å². The molecule has 1 saturated carbocycles. The topological polar surface area (TPSA) is 26.0 Å². The second-order valence-electron chi connectivity index (χ2n) is 5.19. The van der Waals surface area contributed by atoms with Crippen LogP contribution < -0.4 is 5.73 Å². The lowest BCUT2D eigenvalue weighted by atomic mass is 9.75.